The summed E-state index contributed by atoms with van der Waals surface area (Å²) in [7, 11) is 4.23. The summed E-state index contributed by atoms with van der Waals surface area (Å²) >= 11 is 1.29. The average Bonchev–Trinajstić information content (AvgIpc) is 2.89. The molecule has 0 aliphatic carbocycles. The molecular weight excluding hydrogens is 466 g/mol. The lowest BCUT2D eigenvalue weighted by molar-refractivity contribution is 0.0990. The number of nitrogens with one attached hydrogen (secondary N) is 1. The molecule has 1 amide bonds. The topological polar surface area (TPSA) is 58.1 Å². The Morgan fingerprint density at radius 3 is 2.53 bits per heavy atom. The van der Waals surface area contributed by atoms with Crippen molar-refractivity contribution in [3.63, 3.8) is 0 Å². The molecule has 0 saturated heterocycles. The summed E-state index contributed by atoms with van der Waals surface area (Å²) < 4.78 is 15.2. The van der Waals surface area contributed by atoms with E-state index in [0.717, 1.165) is 22.4 Å². The zero-order valence-electron chi connectivity index (χ0n) is 20.1. The predicted molar refractivity (Wildman–Crippen MR) is 144 cm³/mol. The first-order valence-corrected chi connectivity index (χ1v) is 12.5. The highest BCUT2D eigenvalue weighted by Crippen LogP contribution is 2.29. The number of nitrogens with zero attached hydrogens (tertiary/aromatic N) is 3. The molecule has 0 spiro atoms. The van der Waals surface area contributed by atoms with Gasteiger partial charge in [-0.2, -0.15) is 0 Å². The summed E-state index contributed by atoms with van der Waals surface area (Å²) in [5.41, 5.74) is 4.29. The summed E-state index contributed by atoms with van der Waals surface area (Å²) in [6, 6.07) is 11.2. The van der Waals surface area contributed by atoms with Crippen molar-refractivity contribution in [1.29, 1.82) is 0 Å². The van der Waals surface area contributed by atoms with Crippen molar-refractivity contribution in [2.24, 2.45) is 0 Å². The van der Waals surface area contributed by atoms with Crippen LogP contribution in [0.2, 0.25) is 0 Å². The van der Waals surface area contributed by atoms with Crippen LogP contribution in [0.1, 0.15) is 39.2 Å². The first-order chi connectivity index (χ1) is 16.3. The Kier molecular flexibility index (Phi) is 8.70. The standard InChI is InChI=1S/C26H30FN4OPS/c1-6-14-31(21-12-10-17(3)24(33)22(21)27)26(32)25-23(28-5)16(2)9-11-20(30-18(4)34-25)19-8-7-13-29-15-19/h7-13,15,28H,6,14,33H2,1-5H3. The van der Waals surface area contributed by atoms with E-state index in [1.54, 1.807) is 25.5 Å². The normalized spacial score (nSPS) is 10.6. The van der Waals surface area contributed by atoms with Gasteiger partial charge in [-0.05, 0) is 62.6 Å². The van der Waals surface area contributed by atoms with Crippen LogP contribution in [0, 0.1) is 26.6 Å². The van der Waals surface area contributed by atoms with Crippen LogP contribution in [0.5, 0.6) is 0 Å². The molecule has 2 aromatic heterocycles. The maximum atomic E-state index is 15.2. The number of carbonyl (C=O) groups is 1. The fourth-order valence-corrected chi connectivity index (χ4v) is 4.84. The second kappa shape index (κ2) is 11.5. The smallest absolute Gasteiger partial charge is 0.270 e. The van der Waals surface area contributed by atoms with E-state index in [-0.39, 0.29) is 11.6 Å². The van der Waals surface area contributed by atoms with Gasteiger partial charge < -0.3 is 10.2 Å². The number of pyridine rings is 1. The van der Waals surface area contributed by atoms with Gasteiger partial charge in [0.2, 0.25) is 0 Å². The molecule has 5 nitrogen and oxygen atoms in total. The van der Waals surface area contributed by atoms with Gasteiger partial charge in [0.25, 0.3) is 5.91 Å². The summed E-state index contributed by atoms with van der Waals surface area (Å²) in [4.78, 5) is 24.9. The van der Waals surface area contributed by atoms with E-state index >= 15 is 4.39 Å². The molecular formula is C26H30FN4OPS. The molecule has 0 saturated carbocycles. The van der Waals surface area contributed by atoms with E-state index in [1.807, 2.05) is 58.0 Å². The molecule has 178 valence electrons. The molecule has 1 N–H and O–H groups in total. The molecule has 0 aliphatic heterocycles. The Labute approximate surface area is 207 Å². The van der Waals surface area contributed by atoms with E-state index in [1.165, 1.54) is 16.2 Å². The Bertz CT molecular complexity index is 1250. The summed E-state index contributed by atoms with van der Waals surface area (Å²) in [5.74, 6) is -0.667. The van der Waals surface area contributed by atoms with Gasteiger partial charge in [0, 0.05) is 36.9 Å². The van der Waals surface area contributed by atoms with Crippen LogP contribution in [0.4, 0.5) is 15.8 Å². The van der Waals surface area contributed by atoms with Crippen molar-refractivity contribution in [2.75, 3.05) is 23.8 Å². The molecule has 1 unspecified atom stereocenters. The minimum absolute atomic E-state index is 0.268. The van der Waals surface area contributed by atoms with Crippen LogP contribution in [0.25, 0.3) is 11.3 Å². The second-order valence-corrected chi connectivity index (χ2v) is 9.70. The van der Waals surface area contributed by atoms with E-state index in [0.29, 0.717) is 33.8 Å². The molecule has 0 fully saturated rings. The van der Waals surface area contributed by atoms with E-state index in [9.17, 15) is 4.79 Å². The highest BCUT2D eigenvalue weighted by atomic mass is 32.1. The number of anilines is 2. The minimum atomic E-state index is -0.398. The summed E-state index contributed by atoms with van der Waals surface area (Å²) in [6.07, 6.45) is 4.17. The largest absolute Gasteiger partial charge is 0.387 e. The van der Waals surface area contributed by atoms with Crippen LogP contribution in [0.3, 0.4) is 0 Å². The predicted octanol–water partition coefficient (Wildman–Crippen LogP) is 5.99. The monoisotopic (exact) mass is 496 g/mol. The van der Waals surface area contributed by atoms with Gasteiger partial charge in [-0.25, -0.2) is 9.37 Å². The van der Waals surface area contributed by atoms with E-state index < -0.39 is 5.82 Å². The zero-order chi connectivity index (χ0) is 24.8. The molecule has 0 aliphatic rings. The summed E-state index contributed by atoms with van der Waals surface area (Å²) in [6.45, 7) is 8.02. The van der Waals surface area contributed by atoms with Gasteiger partial charge in [0.15, 0.2) is 5.82 Å². The summed E-state index contributed by atoms with van der Waals surface area (Å²) in [5, 5.41) is 4.35. The Morgan fingerprint density at radius 2 is 1.88 bits per heavy atom. The van der Waals surface area contributed by atoms with Gasteiger partial charge in [0.1, 0.15) is 4.88 Å². The van der Waals surface area contributed by atoms with Crippen molar-refractivity contribution in [1.82, 2.24) is 9.97 Å². The Morgan fingerprint density at radius 1 is 1.15 bits per heavy atom. The minimum Gasteiger partial charge on any atom is -0.387 e. The Balaban J connectivity index is 2.24. The number of amides is 1. The van der Waals surface area contributed by atoms with Crippen LogP contribution < -0.4 is 15.5 Å². The van der Waals surface area contributed by atoms with E-state index in [4.69, 9.17) is 4.98 Å². The maximum absolute atomic E-state index is 15.2. The molecule has 8 heteroatoms. The van der Waals surface area contributed by atoms with Crippen molar-refractivity contribution >= 4 is 43.2 Å². The first-order valence-electron chi connectivity index (χ1n) is 11.1. The number of hydrogen-bond acceptors (Lipinski definition) is 5. The van der Waals surface area contributed by atoms with Crippen molar-refractivity contribution in [2.45, 2.75) is 34.1 Å². The number of halogens is 1. The van der Waals surface area contributed by atoms with E-state index in [2.05, 4.69) is 19.5 Å². The molecule has 2 heterocycles. The fourth-order valence-electron chi connectivity index (χ4n) is 3.60. The molecule has 3 aromatic rings. The van der Waals surface area contributed by atoms with Crippen LogP contribution in [0.15, 0.2) is 48.8 Å². The first kappa shape index (κ1) is 25.7. The van der Waals surface area contributed by atoms with Crippen LogP contribution in [-0.4, -0.2) is 29.5 Å². The highest BCUT2D eigenvalue weighted by molar-refractivity contribution is 7.27. The van der Waals surface area contributed by atoms with Gasteiger partial charge in [0.05, 0.1) is 22.1 Å². The second-order valence-electron chi connectivity index (χ2n) is 7.92. The van der Waals surface area contributed by atoms with Crippen LogP contribution >= 0.6 is 20.6 Å². The quantitative estimate of drug-likeness (QED) is 0.426. The lowest BCUT2D eigenvalue weighted by atomic mass is 10.1. The number of aryl methyl sites for hydroxylation is 3. The molecule has 34 heavy (non-hydrogen) atoms. The maximum Gasteiger partial charge on any atom is 0.270 e. The third-order valence-corrected chi connectivity index (χ3v) is 7.08. The third kappa shape index (κ3) is 5.60. The zero-order valence-corrected chi connectivity index (χ0v) is 22.1. The van der Waals surface area contributed by atoms with Gasteiger partial charge in [-0.15, -0.1) is 20.6 Å². The SMILES string of the molecule is CCCN(C(=O)c1sc(C)nc(-c2cccnc2)ccc(C)c1NC)c1ccc(C)c(P)c1F. The lowest BCUT2D eigenvalue weighted by Crippen LogP contribution is -2.33. The average molecular weight is 497 g/mol. The molecule has 0 radical (unpaired) electrons. The fraction of sp³-hybridized carbons (Fsp3) is 0.269. The highest BCUT2D eigenvalue weighted by Gasteiger charge is 2.24. The number of rotatable bonds is 6. The Hall–Kier alpha value is -2.89. The van der Waals surface area contributed by atoms with Crippen molar-refractivity contribution in [3.8, 4) is 11.3 Å². The number of benzene rings is 1. The number of carbonyl (C=O) groups excluding carboxylic acids is 1. The molecule has 1 aromatic carbocycles. The number of hydrogen-bond donors (Lipinski definition) is 1. The van der Waals surface area contributed by atoms with Crippen molar-refractivity contribution < 1.29 is 9.18 Å². The van der Waals surface area contributed by atoms with Gasteiger partial charge in [-0.3, -0.25) is 9.78 Å². The number of aromatic nitrogens is 2. The van der Waals surface area contributed by atoms with Crippen molar-refractivity contribution in [3.05, 3.63) is 75.6 Å². The van der Waals surface area contributed by atoms with Crippen LogP contribution in [-0.2, 0) is 0 Å². The molecule has 0 bridgehead atoms. The van der Waals surface area contributed by atoms with Gasteiger partial charge >= 0.3 is 0 Å². The lowest BCUT2D eigenvalue weighted by Gasteiger charge is -2.24. The molecule has 3 rings (SSSR count). The third-order valence-electron chi connectivity index (χ3n) is 5.40. The molecule has 1 atom stereocenters. The van der Waals surface area contributed by atoms with Gasteiger partial charge in [-0.1, -0.05) is 19.1 Å².